The summed E-state index contributed by atoms with van der Waals surface area (Å²) in [4.78, 5) is 15.8. The second-order valence-corrected chi connectivity index (χ2v) is 4.07. The number of aromatic nitrogens is 1. The summed E-state index contributed by atoms with van der Waals surface area (Å²) in [5, 5.41) is 9.99. The number of rotatable bonds is 4. The molecule has 1 heterocycles. The summed E-state index contributed by atoms with van der Waals surface area (Å²) < 4.78 is 5.54. The van der Waals surface area contributed by atoms with Gasteiger partial charge in [-0.3, -0.25) is 0 Å². The van der Waals surface area contributed by atoms with Crippen molar-refractivity contribution >= 4 is 16.9 Å². The van der Waals surface area contributed by atoms with Crippen LogP contribution in [0.3, 0.4) is 0 Å². The van der Waals surface area contributed by atoms with Gasteiger partial charge >= 0.3 is 5.97 Å². The van der Waals surface area contributed by atoms with Gasteiger partial charge < -0.3 is 9.84 Å². The van der Waals surface area contributed by atoms with Crippen LogP contribution in [0.5, 0.6) is 5.75 Å². The number of pyridine rings is 1. The number of nitrogens with zero attached hydrogens (tertiary/aromatic N) is 1. The Morgan fingerprint density at radius 2 is 2.11 bits per heavy atom. The van der Waals surface area contributed by atoms with Gasteiger partial charge in [-0.2, -0.15) is 0 Å². The molecule has 0 saturated heterocycles. The van der Waals surface area contributed by atoms with Crippen molar-refractivity contribution in [2.24, 2.45) is 0 Å². The van der Waals surface area contributed by atoms with Crippen molar-refractivity contribution in [3.05, 3.63) is 35.5 Å². The number of fused-ring (bicyclic) bond motifs is 1. The molecule has 0 radical (unpaired) electrons. The zero-order chi connectivity index (χ0) is 13.1. The minimum Gasteiger partial charge on any atom is -0.491 e. The SMILES string of the molecule is CCCOc1c(C)nc2ccccc2c1C(=O)O. The molecule has 0 aliphatic heterocycles. The van der Waals surface area contributed by atoms with E-state index >= 15 is 0 Å². The molecule has 0 atom stereocenters. The lowest BCUT2D eigenvalue weighted by molar-refractivity contribution is 0.0694. The summed E-state index contributed by atoms with van der Waals surface area (Å²) in [6, 6.07) is 7.20. The maximum Gasteiger partial charge on any atom is 0.340 e. The third-order valence-electron chi connectivity index (χ3n) is 2.68. The number of para-hydroxylation sites is 1. The molecule has 1 N–H and O–H groups in total. The largest absolute Gasteiger partial charge is 0.491 e. The first kappa shape index (κ1) is 12.4. The van der Waals surface area contributed by atoms with Crippen LogP contribution in [-0.2, 0) is 0 Å². The first-order chi connectivity index (χ1) is 8.65. The van der Waals surface area contributed by atoms with E-state index in [-0.39, 0.29) is 5.56 Å². The van der Waals surface area contributed by atoms with Crippen LogP contribution in [0.25, 0.3) is 10.9 Å². The number of aryl methyl sites for hydroxylation is 1. The van der Waals surface area contributed by atoms with Gasteiger partial charge in [0.2, 0.25) is 0 Å². The average Bonchev–Trinajstić information content (AvgIpc) is 2.35. The van der Waals surface area contributed by atoms with Crippen LogP contribution in [0.1, 0.15) is 29.4 Å². The van der Waals surface area contributed by atoms with Crippen molar-refractivity contribution < 1.29 is 14.6 Å². The van der Waals surface area contributed by atoms with Gasteiger partial charge in [-0.25, -0.2) is 9.78 Å². The van der Waals surface area contributed by atoms with E-state index in [1.54, 1.807) is 25.1 Å². The van der Waals surface area contributed by atoms with Crippen molar-refractivity contribution in [3.8, 4) is 5.75 Å². The third-order valence-corrected chi connectivity index (χ3v) is 2.68. The summed E-state index contributed by atoms with van der Waals surface area (Å²) in [6.07, 6.45) is 0.825. The Kier molecular flexibility index (Phi) is 3.46. The van der Waals surface area contributed by atoms with Gasteiger partial charge in [0.05, 0.1) is 17.8 Å². The lowest BCUT2D eigenvalue weighted by Crippen LogP contribution is -2.08. The van der Waals surface area contributed by atoms with Crippen LogP contribution in [0, 0.1) is 6.92 Å². The number of carboxylic acids is 1. The Morgan fingerprint density at radius 3 is 2.78 bits per heavy atom. The smallest absolute Gasteiger partial charge is 0.340 e. The molecule has 0 bridgehead atoms. The van der Waals surface area contributed by atoms with Crippen molar-refractivity contribution in [2.45, 2.75) is 20.3 Å². The van der Waals surface area contributed by atoms with Gasteiger partial charge in [0.15, 0.2) is 5.75 Å². The van der Waals surface area contributed by atoms with Crippen LogP contribution >= 0.6 is 0 Å². The zero-order valence-corrected chi connectivity index (χ0v) is 10.4. The molecule has 4 heteroatoms. The molecule has 18 heavy (non-hydrogen) atoms. The summed E-state index contributed by atoms with van der Waals surface area (Å²) in [6.45, 7) is 4.23. The molecule has 0 aliphatic rings. The fraction of sp³-hybridized carbons (Fsp3) is 0.286. The predicted octanol–water partition coefficient (Wildman–Crippen LogP) is 3.03. The van der Waals surface area contributed by atoms with Gasteiger partial charge in [0.1, 0.15) is 5.56 Å². The normalized spacial score (nSPS) is 10.6. The van der Waals surface area contributed by atoms with E-state index in [9.17, 15) is 9.90 Å². The Morgan fingerprint density at radius 1 is 1.39 bits per heavy atom. The Bertz CT molecular complexity index is 593. The van der Waals surface area contributed by atoms with Crippen molar-refractivity contribution in [1.82, 2.24) is 4.98 Å². The topological polar surface area (TPSA) is 59.4 Å². The number of benzene rings is 1. The van der Waals surface area contributed by atoms with Crippen molar-refractivity contribution in [2.75, 3.05) is 6.61 Å². The van der Waals surface area contributed by atoms with E-state index in [0.717, 1.165) is 6.42 Å². The second kappa shape index (κ2) is 5.04. The molecule has 0 unspecified atom stereocenters. The molecule has 0 aliphatic carbocycles. The number of hydrogen-bond donors (Lipinski definition) is 1. The van der Waals surface area contributed by atoms with Crippen LogP contribution in [0.15, 0.2) is 24.3 Å². The number of carboxylic acid groups (broad SMARTS) is 1. The molecule has 0 spiro atoms. The van der Waals surface area contributed by atoms with E-state index in [2.05, 4.69) is 4.98 Å². The molecule has 0 amide bonds. The van der Waals surface area contributed by atoms with Crippen LogP contribution in [-0.4, -0.2) is 22.7 Å². The second-order valence-electron chi connectivity index (χ2n) is 4.07. The lowest BCUT2D eigenvalue weighted by atomic mass is 10.1. The van der Waals surface area contributed by atoms with Crippen molar-refractivity contribution in [3.63, 3.8) is 0 Å². The van der Waals surface area contributed by atoms with Crippen LogP contribution < -0.4 is 4.74 Å². The molecular weight excluding hydrogens is 230 g/mol. The minimum absolute atomic E-state index is 0.201. The Labute approximate surface area is 105 Å². The predicted molar refractivity (Wildman–Crippen MR) is 69.2 cm³/mol. The summed E-state index contributed by atoms with van der Waals surface area (Å²) in [5.41, 5.74) is 1.49. The minimum atomic E-state index is -0.984. The maximum atomic E-state index is 11.4. The first-order valence-corrected chi connectivity index (χ1v) is 5.90. The molecule has 2 aromatic rings. The molecule has 1 aromatic carbocycles. The van der Waals surface area contributed by atoms with E-state index in [4.69, 9.17) is 4.74 Å². The number of hydrogen-bond acceptors (Lipinski definition) is 3. The monoisotopic (exact) mass is 245 g/mol. The highest BCUT2D eigenvalue weighted by Crippen LogP contribution is 2.29. The van der Waals surface area contributed by atoms with Gasteiger partial charge in [-0.15, -0.1) is 0 Å². The lowest BCUT2D eigenvalue weighted by Gasteiger charge is -2.13. The summed E-state index contributed by atoms with van der Waals surface area (Å²) in [5.74, 6) is -0.606. The fourth-order valence-electron chi connectivity index (χ4n) is 1.91. The fourth-order valence-corrected chi connectivity index (χ4v) is 1.91. The highest BCUT2D eigenvalue weighted by Gasteiger charge is 2.19. The summed E-state index contributed by atoms with van der Waals surface area (Å²) in [7, 11) is 0. The molecule has 1 aromatic heterocycles. The highest BCUT2D eigenvalue weighted by molar-refractivity contribution is 6.05. The van der Waals surface area contributed by atoms with Gasteiger partial charge in [0.25, 0.3) is 0 Å². The third kappa shape index (κ3) is 2.14. The molecular formula is C14H15NO3. The van der Waals surface area contributed by atoms with Crippen LogP contribution in [0.4, 0.5) is 0 Å². The van der Waals surface area contributed by atoms with Gasteiger partial charge in [-0.1, -0.05) is 25.1 Å². The first-order valence-electron chi connectivity index (χ1n) is 5.90. The van der Waals surface area contributed by atoms with Gasteiger partial charge in [0, 0.05) is 5.39 Å². The molecule has 4 nitrogen and oxygen atoms in total. The molecule has 94 valence electrons. The highest BCUT2D eigenvalue weighted by atomic mass is 16.5. The number of ether oxygens (including phenoxy) is 1. The zero-order valence-electron chi connectivity index (χ0n) is 10.4. The van der Waals surface area contributed by atoms with Crippen molar-refractivity contribution in [1.29, 1.82) is 0 Å². The average molecular weight is 245 g/mol. The quantitative estimate of drug-likeness (QED) is 0.899. The maximum absolute atomic E-state index is 11.4. The number of carbonyl (C=O) groups is 1. The van der Waals surface area contributed by atoms with E-state index in [1.807, 2.05) is 13.0 Å². The molecule has 0 saturated carbocycles. The number of aromatic carboxylic acids is 1. The molecule has 0 fully saturated rings. The Hall–Kier alpha value is -2.10. The van der Waals surface area contributed by atoms with Crippen LogP contribution in [0.2, 0.25) is 0 Å². The van der Waals surface area contributed by atoms with Gasteiger partial charge in [-0.05, 0) is 19.4 Å². The standard InChI is InChI=1S/C14H15NO3/c1-3-8-18-13-9(2)15-11-7-5-4-6-10(11)12(13)14(16)17/h4-7H,3,8H2,1-2H3,(H,16,17). The van der Waals surface area contributed by atoms with E-state index in [0.29, 0.717) is 29.0 Å². The summed E-state index contributed by atoms with van der Waals surface area (Å²) >= 11 is 0. The Balaban J connectivity index is 2.71. The van der Waals surface area contributed by atoms with E-state index < -0.39 is 5.97 Å². The van der Waals surface area contributed by atoms with E-state index in [1.165, 1.54) is 0 Å². The molecule has 2 rings (SSSR count).